The molecule has 0 bridgehead atoms. The monoisotopic (exact) mass is 380 g/mol. The van der Waals surface area contributed by atoms with Gasteiger partial charge in [-0.3, -0.25) is 0 Å². The third kappa shape index (κ3) is 5.23. The van der Waals surface area contributed by atoms with Crippen LogP contribution in [0.4, 0.5) is 0 Å². The van der Waals surface area contributed by atoms with E-state index in [1.165, 1.54) is 0 Å². The largest absolute Gasteiger partial charge is 0.399 e. The Kier molecular flexibility index (Phi) is 6.92. The van der Waals surface area contributed by atoms with E-state index < -0.39 is 17.9 Å². The van der Waals surface area contributed by atoms with Crippen LogP contribution >= 0.6 is 0 Å². The van der Waals surface area contributed by atoms with Crippen molar-refractivity contribution in [2.24, 2.45) is 0 Å². The summed E-state index contributed by atoms with van der Waals surface area (Å²) in [4.78, 5) is 0.273. The molecule has 0 aromatic heterocycles. The Morgan fingerprint density at radius 1 is 0.760 bits per heavy atom. The normalized spacial score (nSPS) is 12.3. The van der Waals surface area contributed by atoms with Crippen LogP contribution in [0.2, 0.25) is 6.04 Å². The molecule has 136 valence electrons. The summed E-state index contributed by atoms with van der Waals surface area (Å²) in [5, 5.41) is 28.2. The number of aryl methyl sites for hydroxylation is 1. The third-order valence-corrected chi connectivity index (χ3v) is 9.46. The van der Waals surface area contributed by atoms with Crippen molar-refractivity contribution in [1.29, 1.82) is 0 Å². The molecule has 0 amide bonds. The molecule has 0 saturated heterocycles. The Morgan fingerprint density at radius 2 is 1.32 bits per heavy atom. The predicted octanol–water partition coefficient (Wildman–Crippen LogP) is 1.25. The van der Waals surface area contributed by atoms with Gasteiger partial charge in [0.15, 0.2) is 9.84 Å². The van der Waals surface area contributed by atoms with Gasteiger partial charge in [0.1, 0.15) is 8.07 Å². The number of aliphatic hydroxyl groups excluding tert-OH is 3. The lowest BCUT2D eigenvalue weighted by molar-refractivity contribution is 0.287. The highest BCUT2D eigenvalue weighted by molar-refractivity contribution is 7.90. The molecule has 0 radical (unpaired) electrons. The second kappa shape index (κ2) is 8.73. The van der Waals surface area contributed by atoms with Gasteiger partial charge >= 0.3 is 0 Å². The van der Waals surface area contributed by atoms with Crippen molar-refractivity contribution >= 4 is 17.9 Å². The van der Waals surface area contributed by atoms with Crippen molar-refractivity contribution < 1.29 is 23.7 Å². The first-order valence-electron chi connectivity index (χ1n) is 8.13. The van der Waals surface area contributed by atoms with Gasteiger partial charge in [0.2, 0.25) is 0 Å². The minimum Gasteiger partial charge on any atom is -0.399 e. The zero-order chi connectivity index (χ0) is 18.3. The van der Waals surface area contributed by atoms with Crippen LogP contribution < -0.4 is 0 Å². The molecule has 0 atom stereocenters. The van der Waals surface area contributed by atoms with E-state index in [2.05, 4.69) is 0 Å². The first-order chi connectivity index (χ1) is 11.9. The molecule has 0 aliphatic heterocycles. The third-order valence-electron chi connectivity index (χ3n) is 4.43. The first kappa shape index (κ1) is 19.8. The fourth-order valence-corrected chi connectivity index (χ4v) is 5.48. The van der Waals surface area contributed by atoms with Crippen LogP contribution in [0.25, 0.3) is 0 Å². The predicted molar refractivity (Wildman–Crippen MR) is 99.3 cm³/mol. The molecule has 0 aliphatic rings. The highest BCUT2D eigenvalue weighted by Gasteiger charge is 2.30. The van der Waals surface area contributed by atoms with Gasteiger partial charge < -0.3 is 15.3 Å². The lowest BCUT2D eigenvalue weighted by Gasteiger charge is -2.24. The van der Waals surface area contributed by atoms with Crippen molar-refractivity contribution in [3.8, 4) is 0 Å². The summed E-state index contributed by atoms with van der Waals surface area (Å²) < 4.78 is 25.0. The lowest BCUT2D eigenvalue weighted by atomic mass is 10.2. The molecule has 2 aromatic carbocycles. The van der Waals surface area contributed by atoms with Gasteiger partial charge in [-0.1, -0.05) is 42.5 Å². The van der Waals surface area contributed by atoms with Gasteiger partial charge in [-0.2, -0.15) is 0 Å². The Labute approximate surface area is 149 Å². The van der Waals surface area contributed by atoms with E-state index in [-0.39, 0.29) is 29.3 Å². The standard InChI is InChI=1S/C18H24O5SSi/c19-13-25(14-20,15-21)11-10-16-6-8-18(9-7-16)24(22,23)12-17-4-2-1-3-5-17/h1-9,19-21H,10-15H2. The first-order valence-corrected chi connectivity index (χ1v) is 12.6. The van der Waals surface area contributed by atoms with Gasteiger partial charge in [-0.25, -0.2) is 8.42 Å². The summed E-state index contributed by atoms with van der Waals surface area (Å²) in [5.41, 5.74) is 1.67. The van der Waals surface area contributed by atoms with E-state index in [0.29, 0.717) is 12.5 Å². The highest BCUT2D eigenvalue weighted by Crippen LogP contribution is 2.19. The van der Waals surface area contributed by atoms with Crippen LogP contribution in [0.1, 0.15) is 11.1 Å². The van der Waals surface area contributed by atoms with Crippen LogP contribution in [0.5, 0.6) is 0 Å². The van der Waals surface area contributed by atoms with Crippen LogP contribution in [-0.4, -0.2) is 50.5 Å². The number of aliphatic hydroxyl groups is 3. The topological polar surface area (TPSA) is 94.8 Å². The van der Waals surface area contributed by atoms with E-state index in [0.717, 1.165) is 11.1 Å². The maximum Gasteiger partial charge on any atom is 0.182 e. The molecule has 7 heteroatoms. The minimum atomic E-state index is -3.40. The average Bonchev–Trinajstić information content (AvgIpc) is 2.64. The summed E-state index contributed by atoms with van der Waals surface area (Å²) >= 11 is 0. The average molecular weight is 381 g/mol. The molecule has 0 fully saturated rings. The molecule has 2 rings (SSSR count). The van der Waals surface area contributed by atoms with Crippen LogP contribution in [0.15, 0.2) is 59.5 Å². The van der Waals surface area contributed by atoms with Gasteiger partial charge in [0, 0.05) is 18.7 Å². The number of rotatable bonds is 9. The molecule has 0 heterocycles. The van der Waals surface area contributed by atoms with Crippen molar-refractivity contribution in [1.82, 2.24) is 0 Å². The van der Waals surface area contributed by atoms with E-state index in [1.54, 1.807) is 36.4 Å². The molecular formula is C18H24O5SSi. The molecule has 0 spiro atoms. The second-order valence-corrected chi connectivity index (χ2v) is 12.8. The summed E-state index contributed by atoms with van der Waals surface area (Å²) in [6, 6.07) is 16.3. The van der Waals surface area contributed by atoms with Crippen LogP contribution in [0, 0.1) is 0 Å². The molecule has 0 saturated carbocycles. The van der Waals surface area contributed by atoms with Crippen LogP contribution in [0.3, 0.4) is 0 Å². The summed E-state index contributed by atoms with van der Waals surface area (Å²) in [6.45, 7) is 0. The van der Waals surface area contributed by atoms with Crippen LogP contribution in [-0.2, 0) is 22.0 Å². The Hall–Kier alpha value is -1.51. The molecule has 0 unspecified atom stereocenters. The number of hydrogen-bond donors (Lipinski definition) is 3. The molecule has 0 aliphatic carbocycles. The maximum atomic E-state index is 12.5. The molecule has 2 aromatic rings. The van der Waals surface area contributed by atoms with Crippen molar-refractivity contribution in [3.63, 3.8) is 0 Å². The molecular weight excluding hydrogens is 356 g/mol. The van der Waals surface area contributed by atoms with E-state index in [1.807, 2.05) is 18.2 Å². The summed E-state index contributed by atoms with van der Waals surface area (Å²) in [7, 11) is -5.85. The van der Waals surface area contributed by atoms with E-state index in [9.17, 15) is 23.7 Å². The fraction of sp³-hybridized carbons (Fsp3) is 0.333. The zero-order valence-electron chi connectivity index (χ0n) is 14.0. The SMILES string of the molecule is O=S(=O)(Cc1ccccc1)c1ccc(CC[Si](CO)(CO)CO)cc1. The van der Waals surface area contributed by atoms with E-state index in [4.69, 9.17) is 0 Å². The molecule has 25 heavy (non-hydrogen) atoms. The molecule has 5 nitrogen and oxygen atoms in total. The fourth-order valence-electron chi connectivity index (χ4n) is 2.54. The number of benzene rings is 2. The lowest BCUT2D eigenvalue weighted by Crippen LogP contribution is -2.48. The zero-order valence-corrected chi connectivity index (χ0v) is 15.8. The minimum absolute atomic E-state index is 0.0389. The van der Waals surface area contributed by atoms with Gasteiger partial charge in [0.25, 0.3) is 0 Å². The number of sulfone groups is 1. The van der Waals surface area contributed by atoms with Gasteiger partial charge in [0.05, 0.1) is 10.6 Å². The van der Waals surface area contributed by atoms with Gasteiger partial charge in [-0.05, 0) is 35.7 Å². The summed E-state index contributed by atoms with van der Waals surface area (Å²) in [6.07, 6.45) is 0.101. The Morgan fingerprint density at radius 3 is 1.84 bits per heavy atom. The van der Waals surface area contributed by atoms with Gasteiger partial charge in [-0.15, -0.1) is 0 Å². The number of hydrogen-bond acceptors (Lipinski definition) is 5. The van der Waals surface area contributed by atoms with Crippen molar-refractivity contribution in [2.75, 3.05) is 18.7 Å². The highest BCUT2D eigenvalue weighted by atomic mass is 32.2. The Balaban J connectivity index is 2.06. The molecule has 3 N–H and O–H groups in total. The van der Waals surface area contributed by atoms with Crippen molar-refractivity contribution in [2.45, 2.75) is 23.1 Å². The Bertz CT molecular complexity index is 748. The van der Waals surface area contributed by atoms with Crippen molar-refractivity contribution in [3.05, 3.63) is 65.7 Å². The summed E-state index contributed by atoms with van der Waals surface area (Å²) in [5.74, 6) is -0.0389. The maximum absolute atomic E-state index is 12.5. The second-order valence-electron chi connectivity index (χ2n) is 6.36. The smallest absolute Gasteiger partial charge is 0.182 e. The quantitative estimate of drug-likeness (QED) is 0.569. The van der Waals surface area contributed by atoms with E-state index >= 15 is 0 Å².